The molecule has 9 heteroatoms. The number of aryl methyl sites for hydroxylation is 2. The van der Waals surface area contributed by atoms with Gasteiger partial charge in [-0.2, -0.15) is 10.2 Å². The van der Waals surface area contributed by atoms with E-state index in [1.54, 1.807) is 7.11 Å². The first kappa shape index (κ1) is 25.7. The molecule has 1 unspecified atom stereocenters. The van der Waals surface area contributed by atoms with Gasteiger partial charge in [-0.3, -0.25) is 4.68 Å². The number of benzene rings is 1. The summed E-state index contributed by atoms with van der Waals surface area (Å²) in [5.41, 5.74) is 5.46. The van der Waals surface area contributed by atoms with Crippen molar-refractivity contribution in [3.05, 3.63) is 59.2 Å². The number of ether oxygens (including phenoxy) is 1. The highest BCUT2D eigenvalue weighted by atomic mass is 127. The highest BCUT2D eigenvalue weighted by Gasteiger charge is 2.14. The fourth-order valence-corrected chi connectivity index (χ4v) is 3.51. The Hall–Kier alpha value is -2.56. The zero-order chi connectivity index (χ0) is 22.4. The van der Waals surface area contributed by atoms with Crippen LogP contribution in [0.1, 0.15) is 36.5 Å². The molecule has 1 aromatic carbocycles. The molecule has 0 aliphatic rings. The van der Waals surface area contributed by atoms with Crippen molar-refractivity contribution in [2.24, 2.45) is 12.0 Å². The Balaban J connectivity index is 0.00000363. The summed E-state index contributed by atoms with van der Waals surface area (Å²) in [6.07, 6.45) is 2.84. The number of hydrogen-bond acceptors (Lipinski definition) is 4. The molecular formula is C23H34IN7O. The van der Waals surface area contributed by atoms with Crippen LogP contribution in [0.15, 0.2) is 41.5 Å². The lowest BCUT2D eigenvalue weighted by Crippen LogP contribution is -2.43. The third kappa shape index (κ3) is 6.47. The number of halogens is 1. The van der Waals surface area contributed by atoms with Gasteiger partial charge in [0.05, 0.1) is 30.7 Å². The minimum Gasteiger partial charge on any atom is -0.497 e. The third-order valence-electron chi connectivity index (χ3n) is 5.28. The van der Waals surface area contributed by atoms with E-state index in [4.69, 9.17) is 9.73 Å². The maximum Gasteiger partial charge on any atom is 0.191 e. The monoisotopic (exact) mass is 551 g/mol. The molecule has 2 heterocycles. The number of nitrogens with zero attached hydrogens (tertiary/aromatic N) is 5. The number of guanidine groups is 1. The van der Waals surface area contributed by atoms with Crippen molar-refractivity contribution in [2.45, 2.75) is 46.7 Å². The Kier molecular flexibility index (Phi) is 9.55. The number of hydrogen-bond donors (Lipinski definition) is 2. The molecule has 0 aliphatic heterocycles. The van der Waals surface area contributed by atoms with Crippen LogP contribution in [0.5, 0.6) is 5.75 Å². The second-order valence-electron chi connectivity index (χ2n) is 7.67. The van der Waals surface area contributed by atoms with Crippen molar-refractivity contribution < 1.29 is 4.74 Å². The average Bonchev–Trinajstić information content (AvgIpc) is 3.32. The van der Waals surface area contributed by atoms with Gasteiger partial charge in [0.1, 0.15) is 5.75 Å². The van der Waals surface area contributed by atoms with Gasteiger partial charge in [0.15, 0.2) is 5.96 Å². The molecule has 0 radical (unpaired) electrons. The van der Waals surface area contributed by atoms with E-state index < -0.39 is 0 Å². The normalized spacial score (nSPS) is 12.2. The maximum atomic E-state index is 5.22. The van der Waals surface area contributed by atoms with Crippen LogP contribution >= 0.6 is 24.0 Å². The fourth-order valence-electron chi connectivity index (χ4n) is 3.51. The van der Waals surface area contributed by atoms with Gasteiger partial charge >= 0.3 is 0 Å². The lowest BCUT2D eigenvalue weighted by atomic mass is 10.1. The summed E-state index contributed by atoms with van der Waals surface area (Å²) in [6, 6.07) is 10.0. The van der Waals surface area contributed by atoms with Crippen molar-refractivity contribution in [1.29, 1.82) is 0 Å². The third-order valence-corrected chi connectivity index (χ3v) is 5.28. The standard InChI is InChI=1S/C23H33N7O.HI/c1-7-24-23(26-16(2)14-22-17(3)27-29(5)18(22)4)25-15-19-12-13-30(28-19)20-8-10-21(31-6)11-9-20;/h8-13,16H,7,14-15H2,1-6H3,(H2,24,25,26);1H. The van der Waals surface area contributed by atoms with E-state index in [9.17, 15) is 0 Å². The Morgan fingerprint density at radius 1 is 1.16 bits per heavy atom. The molecule has 0 amide bonds. The molecule has 32 heavy (non-hydrogen) atoms. The first-order valence-corrected chi connectivity index (χ1v) is 10.6. The number of rotatable bonds is 8. The Morgan fingerprint density at radius 3 is 2.47 bits per heavy atom. The van der Waals surface area contributed by atoms with E-state index in [2.05, 4.69) is 48.5 Å². The summed E-state index contributed by atoms with van der Waals surface area (Å²) in [6.45, 7) is 9.70. The Morgan fingerprint density at radius 2 is 1.88 bits per heavy atom. The summed E-state index contributed by atoms with van der Waals surface area (Å²) in [7, 11) is 3.65. The summed E-state index contributed by atoms with van der Waals surface area (Å²) >= 11 is 0. The molecule has 0 saturated heterocycles. The van der Waals surface area contributed by atoms with Crippen molar-refractivity contribution in [2.75, 3.05) is 13.7 Å². The van der Waals surface area contributed by atoms with Gasteiger partial charge in [-0.15, -0.1) is 24.0 Å². The van der Waals surface area contributed by atoms with Crippen molar-refractivity contribution in [1.82, 2.24) is 30.2 Å². The smallest absolute Gasteiger partial charge is 0.191 e. The van der Waals surface area contributed by atoms with Crippen LogP contribution < -0.4 is 15.4 Å². The van der Waals surface area contributed by atoms with Gasteiger partial charge in [0.25, 0.3) is 0 Å². The largest absolute Gasteiger partial charge is 0.497 e. The highest BCUT2D eigenvalue weighted by molar-refractivity contribution is 14.0. The van der Waals surface area contributed by atoms with Gasteiger partial charge in [0, 0.05) is 31.5 Å². The molecule has 3 rings (SSSR count). The van der Waals surface area contributed by atoms with E-state index in [-0.39, 0.29) is 30.0 Å². The minimum absolute atomic E-state index is 0. The second-order valence-corrected chi connectivity index (χ2v) is 7.67. The summed E-state index contributed by atoms with van der Waals surface area (Å²) in [5.74, 6) is 1.61. The molecular weight excluding hydrogens is 517 g/mol. The molecule has 0 spiro atoms. The molecule has 0 bridgehead atoms. The first-order valence-electron chi connectivity index (χ1n) is 10.6. The van der Waals surface area contributed by atoms with Gasteiger partial charge in [-0.1, -0.05) is 0 Å². The molecule has 0 saturated carbocycles. The van der Waals surface area contributed by atoms with E-state index >= 15 is 0 Å². The second kappa shape index (κ2) is 11.9. The highest BCUT2D eigenvalue weighted by Crippen LogP contribution is 2.15. The van der Waals surface area contributed by atoms with Gasteiger partial charge in [-0.05, 0) is 70.0 Å². The number of methoxy groups -OCH3 is 1. The lowest BCUT2D eigenvalue weighted by Gasteiger charge is -2.18. The van der Waals surface area contributed by atoms with Crippen LogP contribution in [0.25, 0.3) is 5.69 Å². The minimum atomic E-state index is 0. The SMILES string of the molecule is CCNC(=NCc1ccn(-c2ccc(OC)cc2)n1)NC(C)Cc1c(C)nn(C)c1C.I. The van der Waals surface area contributed by atoms with Crippen molar-refractivity contribution in [3.8, 4) is 11.4 Å². The molecule has 174 valence electrons. The molecule has 2 aromatic heterocycles. The topological polar surface area (TPSA) is 81.3 Å². The van der Waals surface area contributed by atoms with Crippen molar-refractivity contribution >= 4 is 29.9 Å². The van der Waals surface area contributed by atoms with E-state index in [0.29, 0.717) is 6.54 Å². The zero-order valence-electron chi connectivity index (χ0n) is 19.7. The van der Waals surface area contributed by atoms with Crippen LogP contribution in [0.4, 0.5) is 0 Å². The summed E-state index contributed by atoms with van der Waals surface area (Å²) in [5, 5.41) is 16.0. The molecule has 2 N–H and O–H groups in total. The molecule has 0 fully saturated rings. The van der Waals surface area contributed by atoms with Crippen LogP contribution in [0.2, 0.25) is 0 Å². The number of aliphatic imine (C=N–C) groups is 1. The van der Waals surface area contributed by atoms with Crippen LogP contribution in [0.3, 0.4) is 0 Å². The molecule has 8 nitrogen and oxygen atoms in total. The molecule has 1 atom stereocenters. The maximum absolute atomic E-state index is 5.22. The summed E-state index contributed by atoms with van der Waals surface area (Å²) < 4.78 is 9.00. The Labute approximate surface area is 207 Å². The van der Waals surface area contributed by atoms with Crippen LogP contribution in [-0.4, -0.2) is 45.2 Å². The van der Waals surface area contributed by atoms with Gasteiger partial charge < -0.3 is 15.4 Å². The van der Waals surface area contributed by atoms with E-state index in [1.165, 1.54) is 11.3 Å². The van der Waals surface area contributed by atoms with Crippen LogP contribution in [0, 0.1) is 13.8 Å². The van der Waals surface area contributed by atoms with Gasteiger partial charge in [0.2, 0.25) is 0 Å². The lowest BCUT2D eigenvalue weighted by molar-refractivity contribution is 0.414. The quantitative estimate of drug-likeness (QED) is 0.255. The molecule has 0 aliphatic carbocycles. The average molecular weight is 551 g/mol. The Bertz CT molecular complexity index is 1020. The van der Waals surface area contributed by atoms with Crippen molar-refractivity contribution in [3.63, 3.8) is 0 Å². The predicted molar refractivity (Wildman–Crippen MR) is 139 cm³/mol. The molecule has 3 aromatic rings. The first-order chi connectivity index (χ1) is 14.9. The summed E-state index contributed by atoms with van der Waals surface area (Å²) in [4.78, 5) is 4.73. The van der Waals surface area contributed by atoms with E-state index in [0.717, 1.165) is 41.7 Å². The van der Waals surface area contributed by atoms with Gasteiger partial charge in [-0.25, -0.2) is 9.67 Å². The zero-order valence-corrected chi connectivity index (χ0v) is 22.0. The van der Waals surface area contributed by atoms with E-state index in [1.807, 2.05) is 52.9 Å². The fraction of sp³-hybridized carbons (Fsp3) is 0.435. The number of aromatic nitrogens is 4. The predicted octanol–water partition coefficient (Wildman–Crippen LogP) is 3.54. The van der Waals surface area contributed by atoms with Crippen LogP contribution in [-0.2, 0) is 20.0 Å². The number of nitrogens with one attached hydrogen (secondary N) is 2.